The minimum Gasteiger partial charge on any atom is -0.412 e. The highest BCUT2D eigenvalue weighted by Gasteiger charge is 1.41. The first-order chi connectivity index (χ1) is 1.41. The van der Waals surface area contributed by atoms with Crippen molar-refractivity contribution in [3.8, 4) is 0 Å². The van der Waals surface area contributed by atoms with Gasteiger partial charge in [-0.05, 0) is 0 Å². The standard InChI is InChI=1S/Cl2HP.H2O/c1-3-2;/h3H;1H2. The van der Waals surface area contributed by atoms with Crippen molar-refractivity contribution in [2.75, 3.05) is 0 Å². The number of hydrogen-bond acceptors (Lipinski definition) is 0. The molecule has 4 heteroatoms. The van der Waals surface area contributed by atoms with E-state index in [0.29, 0.717) is 0 Å². The Kier molecular flexibility index (Phi) is 20.0. The van der Waals surface area contributed by atoms with Crippen LogP contribution in [0.5, 0.6) is 0 Å². The predicted molar refractivity (Wildman–Crippen MR) is 23.6 cm³/mol. The molecule has 0 saturated carbocycles. The molecule has 0 rings (SSSR count). The van der Waals surface area contributed by atoms with Crippen LogP contribution in [0.4, 0.5) is 0 Å². The fourth-order valence-corrected chi connectivity index (χ4v) is 0. The SMILES string of the molecule is ClPCl.O. The second-order valence-corrected chi connectivity index (χ2v) is 1.93. The molecule has 0 amide bonds. The summed E-state index contributed by atoms with van der Waals surface area (Å²) in [6, 6.07) is 0. The fourth-order valence-electron chi connectivity index (χ4n) is 0. The van der Waals surface area contributed by atoms with E-state index >= 15 is 0 Å². The van der Waals surface area contributed by atoms with Crippen LogP contribution in [0.2, 0.25) is 0 Å². The van der Waals surface area contributed by atoms with Gasteiger partial charge in [0.05, 0.1) is 7.29 Å². The van der Waals surface area contributed by atoms with Crippen molar-refractivity contribution in [1.82, 2.24) is 0 Å². The smallest absolute Gasteiger partial charge is 0.0713 e. The van der Waals surface area contributed by atoms with Gasteiger partial charge in [0.1, 0.15) is 0 Å². The van der Waals surface area contributed by atoms with Gasteiger partial charge in [-0.2, -0.15) is 0 Å². The molecule has 0 aromatic carbocycles. The summed E-state index contributed by atoms with van der Waals surface area (Å²) >= 11 is 9.58. The highest BCUT2D eigenvalue weighted by atomic mass is 35.9. The van der Waals surface area contributed by atoms with Crippen molar-refractivity contribution in [1.29, 1.82) is 0 Å². The Morgan fingerprint density at radius 1 is 1.25 bits per heavy atom. The molecular formula is H3Cl2OP. The van der Waals surface area contributed by atoms with Gasteiger partial charge in [0, 0.05) is 0 Å². The van der Waals surface area contributed by atoms with E-state index in [1.165, 1.54) is 0 Å². The molecule has 0 saturated heterocycles. The summed E-state index contributed by atoms with van der Waals surface area (Å²) in [5.74, 6) is 0. The molecule has 0 unspecified atom stereocenters. The molecule has 1 nitrogen and oxygen atoms in total. The van der Waals surface area contributed by atoms with E-state index in [-0.39, 0.29) is 12.8 Å². The second kappa shape index (κ2) is 9.02. The molecule has 0 aromatic rings. The van der Waals surface area contributed by atoms with E-state index in [0.717, 1.165) is 0 Å². The van der Waals surface area contributed by atoms with Crippen molar-refractivity contribution in [3.63, 3.8) is 0 Å². The average molecular weight is 121 g/mol. The largest absolute Gasteiger partial charge is 0.412 e. The Bertz CT molecular complexity index is 6.00. The minimum atomic E-state index is 0. The Morgan fingerprint density at radius 3 is 1.25 bits per heavy atom. The predicted octanol–water partition coefficient (Wildman–Crippen LogP) is 1.15. The topological polar surface area (TPSA) is 31.5 Å². The minimum absolute atomic E-state index is 0. The molecule has 0 bridgehead atoms. The van der Waals surface area contributed by atoms with Gasteiger partial charge in [-0.1, -0.05) is 22.5 Å². The average Bonchev–Trinajstić information content (AvgIpc) is 0.918. The molecule has 28 valence electrons. The molecule has 0 spiro atoms. The number of halogens is 2. The van der Waals surface area contributed by atoms with Crippen LogP contribution in [0.25, 0.3) is 0 Å². The zero-order valence-electron chi connectivity index (χ0n) is 1.76. The summed E-state index contributed by atoms with van der Waals surface area (Å²) in [7, 11) is 0.0278. The van der Waals surface area contributed by atoms with E-state index in [2.05, 4.69) is 0 Å². The van der Waals surface area contributed by atoms with Gasteiger partial charge >= 0.3 is 0 Å². The maximum atomic E-state index is 4.79. The third-order valence-electron chi connectivity index (χ3n) is 0. The number of hydrogen-bond donors (Lipinski definition) is 0. The van der Waals surface area contributed by atoms with Crippen molar-refractivity contribution in [2.24, 2.45) is 0 Å². The van der Waals surface area contributed by atoms with E-state index < -0.39 is 0 Å². The molecule has 0 fully saturated rings. The first-order valence-electron chi connectivity index (χ1n) is 0.378. The molecular weight excluding hydrogens is 118 g/mol. The van der Waals surface area contributed by atoms with E-state index in [9.17, 15) is 0 Å². The molecule has 4 heavy (non-hydrogen) atoms. The molecule has 0 atom stereocenters. The van der Waals surface area contributed by atoms with Gasteiger partial charge in [-0.3, -0.25) is 0 Å². The van der Waals surface area contributed by atoms with Crippen LogP contribution in [-0.2, 0) is 0 Å². The lowest BCUT2D eigenvalue weighted by Crippen LogP contribution is -0.641. The van der Waals surface area contributed by atoms with Gasteiger partial charge in [0.2, 0.25) is 0 Å². The molecule has 0 aliphatic heterocycles. The summed E-state index contributed by atoms with van der Waals surface area (Å²) < 4.78 is 0. The van der Waals surface area contributed by atoms with Gasteiger partial charge in [0.25, 0.3) is 0 Å². The summed E-state index contributed by atoms with van der Waals surface area (Å²) in [4.78, 5) is 0. The summed E-state index contributed by atoms with van der Waals surface area (Å²) in [5, 5.41) is 0. The van der Waals surface area contributed by atoms with Crippen LogP contribution in [-0.4, -0.2) is 5.48 Å². The zero-order valence-corrected chi connectivity index (χ0v) is 4.27. The van der Waals surface area contributed by atoms with Gasteiger partial charge in [0.15, 0.2) is 0 Å². The highest BCUT2D eigenvalue weighted by Crippen LogP contribution is 2.19. The zero-order chi connectivity index (χ0) is 2.71. The highest BCUT2D eigenvalue weighted by molar-refractivity contribution is 7.90. The van der Waals surface area contributed by atoms with E-state index in [1.807, 2.05) is 0 Å². The van der Waals surface area contributed by atoms with Crippen LogP contribution < -0.4 is 0 Å². The molecule has 0 radical (unpaired) electrons. The van der Waals surface area contributed by atoms with Crippen LogP contribution in [0.3, 0.4) is 0 Å². The first-order valence-corrected chi connectivity index (χ1v) is 3.40. The van der Waals surface area contributed by atoms with Crippen molar-refractivity contribution in [2.45, 2.75) is 0 Å². The molecule has 0 aliphatic rings. The second-order valence-electron chi connectivity index (χ2n) is 0.0714. The molecule has 0 heterocycles. The van der Waals surface area contributed by atoms with Gasteiger partial charge in [-0.15, -0.1) is 0 Å². The maximum Gasteiger partial charge on any atom is 0.0713 e. The third kappa shape index (κ3) is 12.3. The van der Waals surface area contributed by atoms with Gasteiger partial charge < -0.3 is 5.48 Å². The van der Waals surface area contributed by atoms with E-state index in [1.54, 1.807) is 0 Å². The Hall–Kier alpha value is 0.970. The normalized spacial score (nSPS) is 4.50. The van der Waals surface area contributed by atoms with Crippen LogP contribution in [0, 0.1) is 0 Å². The monoisotopic (exact) mass is 120 g/mol. The third-order valence-corrected chi connectivity index (χ3v) is 0. The number of rotatable bonds is 0. The van der Waals surface area contributed by atoms with Crippen molar-refractivity contribution in [3.05, 3.63) is 0 Å². The molecule has 2 N–H and O–H groups in total. The maximum absolute atomic E-state index is 4.79. The van der Waals surface area contributed by atoms with Crippen LogP contribution in [0.1, 0.15) is 0 Å². The van der Waals surface area contributed by atoms with E-state index in [4.69, 9.17) is 22.5 Å². The summed E-state index contributed by atoms with van der Waals surface area (Å²) in [6.07, 6.45) is 0. The van der Waals surface area contributed by atoms with Crippen LogP contribution >= 0.6 is 29.8 Å². The van der Waals surface area contributed by atoms with Crippen molar-refractivity contribution < 1.29 is 5.48 Å². The lowest BCUT2D eigenvalue weighted by atomic mass is 16.0. The fraction of sp³-hybridized carbons (Fsp3) is 0. The molecule has 0 aliphatic carbocycles. The first kappa shape index (κ1) is 8.88. The lowest BCUT2D eigenvalue weighted by Gasteiger charge is -1.42. The van der Waals surface area contributed by atoms with Gasteiger partial charge in [-0.25, -0.2) is 0 Å². The summed E-state index contributed by atoms with van der Waals surface area (Å²) in [6.45, 7) is 0. The Labute approximate surface area is 36.0 Å². The lowest BCUT2D eigenvalue weighted by molar-refractivity contribution is 0.824. The molecule has 0 aromatic heterocycles. The van der Waals surface area contributed by atoms with Crippen molar-refractivity contribution >= 4 is 29.8 Å². The van der Waals surface area contributed by atoms with Crippen LogP contribution in [0.15, 0.2) is 0 Å². The Balaban J connectivity index is 0. The Morgan fingerprint density at radius 2 is 1.25 bits per heavy atom. The quantitative estimate of drug-likeness (QED) is 0.430. The summed E-state index contributed by atoms with van der Waals surface area (Å²) in [5.41, 5.74) is 0.